The second-order valence-corrected chi connectivity index (χ2v) is 6.19. The van der Waals surface area contributed by atoms with E-state index in [1.165, 1.54) is 11.3 Å². The van der Waals surface area contributed by atoms with Crippen LogP contribution in [0.15, 0.2) is 12.1 Å². The lowest BCUT2D eigenvalue weighted by atomic mass is 10.1. The first-order chi connectivity index (χ1) is 9.40. The van der Waals surface area contributed by atoms with E-state index in [1.807, 2.05) is 19.1 Å². The number of aryl methyl sites for hydroxylation is 1. The molecule has 2 N–H and O–H groups in total. The minimum absolute atomic E-state index is 0.0954. The van der Waals surface area contributed by atoms with Gasteiger partial charge in [0.05, 0.1) is 16.1 Å². The van der Waals surface area contributed by atoms with Gasteiger partial charge < -0.3 is 10.4 Å². The molecule has 0 aromatic carbocycles. The third-order valence-electron chi connectivity index (χ3n) is 3.04. The van der Waals surface area contributed by atoms with Crippen LogP contribution in [0.1, 0.15) is 39.5 Å². The van der Waals surface area contributed by atoms with Crippen molar-refractivity contribution in [2.75, 3.05) is 5.32 Å². The van der Waals surface area contributed by atoms with Crippen molar-refractivity contribution in [3.63, 3.8) is 0 Å². The molecular weight excluding hydrogens is 298 g/mol. The summed E-state index contributed by atoms with van der Waals surface area (Å²) in [6.45, 7) is 5.39. The molecule has 7 heteroatoms. The molecular formula is C13H14ClN3O2S. The number of thiophene rings is 1. The number of halogens is 1. The number of anilines is 1. The lowest BCUT2D eigenvalue weighted by Gasteiger charge is -2.15. The maximum absolute atomic E-state index is 11.4. The third-order valence-corrected chi connectivity index (χ3v) is 4.46. The van der Waals surface area contributed by atoms with Crippen molar-refractivity contribution in [3.8, 4) is 0 Å². The van der Waals surface area contributed by atoms with Crippen LogP contribution in [0.4, 0.5) is 5.82 Å². The summed E-state index contributed by atoms with van der Waals surface area (Å²) in [4.78, 5) is 12.4. The Morgan fingerprint density at radius 3 is 2.65 bits per heavy atom. The molecule has 2 aromatic heterocycles. The van der Waals surface area contributed by atoms with Crippen molar-refractivity contribution in [2.24, 2.45) is 0 Å². The lowest BCUT2D eigenvalue weighted by Crippen LogP contribution is -2.15. The minimum Gasteiger partial charge on any atom is -0.478 e. The van der Waals surface area contributed by atoms with Crippen molar-refractivity contribution >= 4 is 34.7 Å². The van der Waals surface area contributed by atoms with E-state index in [1.54, 1.807) is 13.8 Å². The molecule has 2 rings (SSSR count). The van der Waals surface area contributed by atoms with Crippen LogP contribution in [0.25, 0.3) is 0 Å². The number of rotatable bonds is 4. The summed E-state index contributed by atoms with van der Waals surface area (Å²) in [7, 11) is 0. The predicted octanol–water partition coefficient (Wildman–Crippen LogP) is 3.68. The highest BCUT2D eigenvalue weighted by molar-refractivity contribution is 7.16. The number of carboxylic acids is 1. The Balaban J connectivity index is 2.34. The van der Waals surface area contributed by atoms with Crippen LogP contribution in [-0.4, -0.2) is 21.3 Å². The number of carbonyl (C=O) groups is 1. The number of hydrogen-bond donors (Lipinski definition) is 2. The summed E-state index contributed by atoms with van der Waals surface area (Å²) in [6.07, 6.45) is 0. The number of aromatic carboxylic acids is 1. The van der Waals surface area contributed by atoms with Gasteiger partial charge in [-0.15, -0.1) is 16.4 Å². The highest BCUT2D eigenvalue weighted by Gasteiger charge is 2.19. The summed E-state index contributed by atoms with van der Waals surface area (Å²) in [5.41, 5.74) is 1.39. The van der Waals surface area contributed by atoms with Crippen LogP contribution >= 0.6 is 22.9 Å². The van der Waals surface area contributed by atoms with Gasteiger partial charge in [0.2, 0.25) is 0 Å². The largest absolute Gasteiger partial charge is 0.478 e. The molecule has 106 valence electrons. The standard InChI is InChI=1S/C13H14ClN3O2S/c1-6-7(2)16-17-12(11(6)13(18)19)15-8(3)9-4-5-10(14)20-9/h4-5,8H,1-3H3,(H,15,17)(H,18,19). The molecule has 2 heterocycles. The fraction of sp³-hybridized carbons (Fsp3) is 0.308. The van der Waals surface area contributed by atoms with E-state index in [9.17, 15) is 9.90 Å². The van der Waals surface area contributed by atoms with Crippen LogP contribution in [0.2, 0.25) is 4.34 Å². The van der Waals surface area contributed by atoms with Gasteiger partial charge in [0.25, 0.3) is 0 Å². The first-order valence-electron chi connectivity index (χ1n) is 5.99. The number of aromatic nitrogens is 2. The van der Waals surface area contributed by atoms with Gasteiger partial charge in [0.15, 0.2) is 5.82 Å². The smallest absolute Gasteiger partial charge is 0.339 e. The topological polar surface area (TPSA) is 75.1 Å². The molecule has 0 fully saturated rings. The van der Waals surface area contributed by atoms with Gasteiger partial charge in [-0.1, -0.05) is 11.6 Å². The molecule has 0 aliphatic heterocycles. The van der Waals surface area contributed by atoms with Crippen LogP contribution in [-0.2, 0) is 0 Å². The Kier molecular flexibility index (Phi) is 4.25. The fourth-order valence-corrected chi connectivity index (χ4v) is 2.87. The maximum atomic E-state index is 11.4. The average Bonchev–Trinajstić information content (AvgIpc) is 2.80. The zero-order chi connectivity index (χ0) is 14.9. The van der Waals surface area contributed by atoms with Gasteiger partial charge in [-0.3, -0.25) is 0 Å². The first kappa shape index (κ1) is 14.7. The molecule has 0 aliphatic carbocycles. The van der Waals surface area contributed by atoms with Gasteiger partial charge in [-0.2, -0.15) is 5.10 Å². The van der Waals surface area contributed by atoms with Gasteiger partial charge in [-0.05, 0) is 38.5 Å². The molecule has 0 aliphatic rings. The molecule has 20 heavy (non-hydrogen) atoms. The maximum Gasteiger partial charge on any atom is 0.339 e. The Morgan fingerprint density at radius 2 is 2.10 bits per heavy atom. The Hall–Kier alpha value is -1.66. The molecule has 2 aromatic rings. The molecule has 5 nitrogen and oxygen atoms in total. The van der Waals surface area contributed by atoms with E-state index in [4.69, 9.17) is 11.6 Å². The van der Waals surface area contributed by atoms with Gasteiger partial charge >= 0.3 is 5.97 Å². The molecule has 0 saturated carbocycles. The van der Waals surface area contributed by atoms with Crippen LogP contribution in [0.5, 0.6) is 0 Å². The highest BCUT2D eigenvalue weighted by atomic mass is 35.5. The van der Waals surface area contributed by atoms with Crippen molar-refractivity contribution in [1.82, 2.24) is 10.2 Å². The summed E-state index contributed by atoms with van der Waals surface area (Å²) in [5, 5.41) is 20.4. The number of nitrogens with one attached hydrogen (secondary N) is 1. The Morgan fingerprint density at radius 1 is 1.40 bits per heavy atom. The summed E-state index contributed by atoms with van der Waals surface area (Å²) in [5.74, 6) is -0.739. The summed E-state index contributed by atoms with van der Waals surface area (Å²) >= 11 is 7.35. The van der Waals surface area contributed by atoms with Crippen molar-refractivity contribution in [2.45, 2.75) is 26.8 Å². The number of nitrogens with zero attached hydrogens (tertiary/aromatic N) is 2. The Labute approximate surface area is 125 Å². The normalized spacial score (nSPS) is 12.2. The Bertz CT molecular complexity index is 657. The molecule has 0 radical (unpaired) electrons. The highest BCUT2D eigenvalue weighted by Crippen LogP contribution is 2.29. The van der Waals surface area contributed by atoms with Crippen molar-refractivity contribution < 1.29 is 9.90 Å². The molecule has 0 bridgehead atoms. The van der Waals surface area contributed by atoms with Gasteiger partial charge in [0, 0.05) is 4.88 Å². The monoisotopic (exact) mass is 311 g/mol. The lowest BCUT2D eigenvalue weighted by molar-refractivity contribution is 0.0696. The first-order valence-corrected chi connectivity index (χ1v) is 7.18. The fourth-order valence-electron chi connectivity index (χ4n) is 1.81. The number of carboxylic acid groups (broad SMARTS) is 1. The van der Waals surface area contributed by atoms with Gasteiger partial charge in [-0.25, -0.2) is 4.79 Å². The molecule has 1 unspecified atom stereocenters. The molecule has 0 amide bonds. The van der Waals surface area contributed by atoms with Crippen LogP contribution in [0, 0.1) is 13.8 Å². The average molecular weight is 312 g/mol. The van der Waals surface area contributed by atoms with Crippen LogP contribution < -0.4 is 5.32 Å². The number of hydrogen-bond acceptors (Lipinski definition) is 5. The minimum atomic E-state index is -1.01. The molecule has 1 atom stereocenters. The summed E-state index contributed by atoms with van der Waals surface area (Å²) in [6, 6.07) is 3.62. The van der Waals surface area contributed by atoms with E-state index in [0.717, 1.165) is 4.88 Å². The zero-order valence-corrected chi connectivity index (χ0v) is 12.8. The van der Waals surface area contributed by atoms with E-state index in [2.05, 4.69) is 15.5 Å². The quantitative estimate of drug-likeness (QED) is 0.901. The second-order valence-electron chi connectivity index (χ2n) is 4.45. The summed E-state index contributed by atoms with van der Waals surface area (Å²) < 4.78 is 0.693. The predicted molar refractivity (Wildman–Crippen MR) is 79.8 cm³/mol. The molecule has 0 saturated heterocycles. The van der Waals surface area contributed by atoms with E-state index in [-0.39, 0.29) is 17.4 Å². The van der Waals surface area contributed by atoms with Gasteiger partial charge in [0.1, 0.15) is 5.56 Å². The van der Waals surface area contributed by atoms with Crippen molar-refractivity contribution in [1.29, 1.82) is 0 Å². The van der Waals surface area contributed by atoms with Crippen LogP contribution in [0.3, 0.4) is 0 Å². The SMILES string of the molecule is Cc1nnc(NC(C)c2ccc(Cl)s2)c(C(=O)O)c1C. The second kappa shape index (κ2) is 5.76. The van der Waals surface area contributed by atoms with E-state index >= 15 is 0 Å². The van der Waals surface area contributed by atoms with E-state index < -0.39 is 5.97 Å². The third kappa shape index (κ3) is 2.91. The van der Waals surface area contributed by atoms with E-state index in [0.29, 0.717) is 15.6 Å². The molecule has 0 spiro atoms. The van der Waals surface area contributed by atoms with Crippen molar-refractivity contribution in [3.05, 3.63) is 38.2 Å². The zero-order valence-electron chi connectivity index (χ0n) is 11.3.